The molecule has 3 aromatic rings. The van der Waals surface area contributed by atoms with Crippen LogP contribution in [0.3, 0.4) is 0 Å². The summed E-state index contributed by atoms with van der Waals surface area (Å²) in [6, 6.07) is 13.0. The van der Waals surface area contributed by atoms with E-state index in [9.17, 15) is 18.0 Å². The van der Waals surface area contributed by atoms with Crippen LogP contribution < -0.4 is 10.1 Å². The van der Waals surface area contributed by atoms with Crippen LogP contribution in [0.4, 0.5) is 13.2 Å². The van der Waals surface area contributed by atoms with Gasteiger partial charge in [0.15, 0.2) is 5.69 Å². The summed E-state index contributed by atoms with van der Waals surface area (Å²) in [6.45, 7) is 5.97. The molecule has 0 radical (unpaired) electrons. The van der Waals surface area contributed by atoms with Crippen molar-refractivity contribution in [2.24, 2.45) is 0 Å². The number of halogens is 3. The van der Waals surface area contributed by atoms with Crippen molar-refractivity contribution in [1.29, 1.82) is 0 Å². The lowest BCUT2D eigenvalue weighted by Crippen LogP contribution is -2.23. The fraction of sp³-hybridized carbons (Fsp3) is 0.273. The highest BCUT2D eigenvalue weighted by molar-refractivity contribution is 5.98. The van der Waals surface area contributed by atoms with Crippen LogP contribution in [0.5, 0.6) is 5.75 Å². The normalized spacial score (nSPS) is 16.0. The van der Waals surface area contributed by atoms with Crippen molar-refractivity contribution in [3.63, 3.8) is 0 Å². The first kappa shape index (κ1) is 20.0. The molecule has 8 heteroatoms. The Labute approximate surface area is 171 Å². The van der Waals surface area contributed by atoms with Gasteiger partial charge in [0.2, 0.25) is 0 Å². The lowest BCUT2D eigenvalue weighted by atomic mass is 9.94. The molecular formula is C22H20F3N3O2. The Morgan fingerprint density at radius 3 is 2.27 bits per heavy atom. The van der Waals surface area contributed by atoms with Crippen LogP contribution >= 0.6 is 0 Å². The quantitative estimate of drug-likeness (QED) is 0.650. The molecule has 1 aromatic heterocycles. The van der Waals surface area contributed by atoms with Gasteiger partial charge >= 0.3 is 6.36 Å². The van der Waals surface area contributed by atoms with E-state index in [0.717, 1.165) is 22.4 Å². The molecule has 0 fully saturated rings. The average Bonchev–Trinajstić information content (AvgIpc) is 3.20. The van der Waals surface area contributed by atoms with Crippen LogP contribution in [-0.2, 0) is 0 Å². The van der Waals surface area contributed by atoms with Crippen molar-refractivity contribution in [2.45, 2.75) is 39.1 Å². The summed E-state index contributed by atoms with van der Waals surface area (Å²) in [5, 5.41) is 7.49. The van der Waals surface area contributed by atoms with E-state index < -0.39 is 6.36 Å². The highest BCUT2D eigenvalue weighted by atomic mass is 19.4. The fourth-order valence-corrected chi connectivity index (χ4v) is 3.72. The largest absolute Gasteiger partial charge is 0.573 e. The number of nitrogens with one attached hydrogen (secondary N) is 1. The number of alkyl halides is 3. The number of amides is 1. The van der Waals surface area contributed by atoms with E-state index in [0.29, 0.717) is 11.4 Å². The Morgan fingerprint density at radius 2 is 1.70 bits per heavy atom. The lowest BCUT2D eigenvalue weighted by Gasteiger charge is -2.18. The number of ether oxygens (including phenoxy) is 1. The predicted octanol–water partition coefficient (Wildman–Crippen LogP) is 5.04. The molecule has 1 aliphatic heterocycles. The minimum absolute atomic E-state index is 0.0213. The summed E-state index contributed by atoms with van der Waals surface area (Å²) in [5.74, 6) is -0.562. The molecule has 0 bridgehead atoms. The number of fused-ring (bicyclic) bond motifs is 1. The third-order valence-electron chi connectivity index (χ3n) is 5.01. The van der Waals surface area contributed by atoms with E-state index in [1.165, 1.54) is 24.3 Å². The van der Waals surface area contributed by atoms with Gasteiger partial charge < -0.3 is 10.1 Å². The molecule has 1 unspecified atom stereocenters. The molecule has 0 saturated carbocycles. The maximum atomic E-state index is 12.6. The maximum Gasteiger partial charge on any atom is 0.573 e. The molecule has 0 aliphatic carbocycles. The molecule has 2 aromatic carbocycles. The van der Waals surface area contributed by atoms with Gasteiger partial charge in [-0.15, -0.1) is 13.2 Å². The Kier molecular flexibility index (Phi) is 4.80. The Bertz CT molecular complexity index is 1080. The Morgan fingerprint density at radius 1 is 1.07 bits per heavy atom. The molecule has 156 valence electrons. The summed E-state index contributed by atoms with van der Waals surface area (Å²) in [4.78, 5) is 12.6. The smallest absolute Gasteiger partial charge is 0.406 e. The molecule has 1 amide bonds. The predicted molar refractivity (Wildman–Crippen MR) is 105 cm³/mol. The third kappa shape index (κ3) is 3.65. The zero-order valence-corrected chi connectivity index (χ0v) is 16.6. The van der Waals surface area contributed by atoms with E-state index in [-0.39, 0.29) is 23.6 Å². The Hall–Kier alpha value is -3.29. The van der Waals surface area contributed by atoms with Crippen LogP contribution in [0.2, 0.25) is 0 Å². The van der Waals surface area contributed by atoms with Crippen molar-refractivity contribution in [1.82, 2.24) is 15.1 Å². The summed E-state index contributed by atoms with van der Waals surface area (Å²) in [7, 11) is 0. The van der Waals surface area contributed by atoms with Crippen molar-refractivity contribution in [3.05, 3.63) is 76.6 Å². The monoisotopic (exact) mass is 415 g/mol. The molecule has 1 atom stereocenters. The van der Waals surface area contributed by atoms with Gasteiger partial charge in [-0.2, -0.15) is 5.10 Å². The molecule has 1 N–H and O–H groups in total. The lowest BCUT2D eigenvalue weighted by molar-refractivity contribution is -0.274. The van der Waals surface area contributed by atoms with Crippen molar-refractivity contribution in [3.8, 4) is 11.4 Å². The standard InChI is InChI=1S/C22H20F3N3O2/c1-12(2)20-17-18(14-6-4-13(3)5-7-14)26-21(29)19(17)27-28(20)15-8-10-16(11-9-15)30-22(23,24)25/h4-12,18H,1-3H3,(H,26,29). The molecule has 1 aliphatic rings. The van der Waals surface area contributed by atoms with Gasteiger partial charge in [0.1, 0.15) is 5.75 Å². The van der Waals surface area contributed by atoms with Crippen LogP contribution in [0, 0.1) is 6.92 Å². The van der Waals surface area contributed by atoms with E-state index >= 15 is 0 Å². The van der Waals surface area contributed by atoms with Crippen molar-refractivity contribution < 1.29 is 22.7 Å². The van der Waals surface area contributed by atoms with Gasteiger partial charge in [-0.05, 0) is 42.7 Å². The van der Waals surface area contributed by atoms with Gasteiger partial charge in [-0.1, -0.05) is 43.7 Å². The molecule has 4 rings (SSSR count). The van der Waals surface area contributed by atoms with E-state index in [2.05, 4.69) is 15.2 Å². The van der Waals surface area contributed by atoms with Crippen LogP contribution in [0.25, 0.3) is 5.69 Å². The number of aryl methyl sites for hydroxylation is 1. The second kappa shape index (κ2) is 7.19. The summed E-state index contributed by atoms with van der Waals surface area (Å²) in [6.07, 6.45) is -4.75. The molecule has 2 heterocycles. The zero-order chi connectivity index (χ0) is 21.6. The van der Waals surface area contributed by atoms with Crippen LogP contribution in [-0.4, -0.2) is 22.1 Å². The average molecular weight is 415 g/mol. The van der Waals surface area contributed by atoms with Gasteiger partial charge in [0, 0.05) is 5.56 Å². The van der Waals surface area contributed by atoms with E-state index in [1.807, 2.05) is 45.0 Å². The molecule has 0 saturated heterocycles. The summed E-state index contributed by atoms with van der Waals surface area (Å²) in [5.41, 5.74) is 4.58. The van der Waals surface area contributed by atoms with Crippen LogP contribution in [0.15, 0.2) is 48.5 Å². The van der Waals surface area contributed by atoms with Crippen LogP contribution in [0.1, 0.15) is 58.7 Å². The molecule has 30 heavy (non-hydrogen) atoms. The SMILES string of the molecule is Cc1ccc(C2NC(=O)c3nn(-c4ccc(OC(F)(F)F)cc4)c(C(C)C)c32)cc1. The first-order chi connectivity index (χ1) is 14.1. The second-order valence-corrected chi connectivity index (χ2v) is 7.57. The number of benzene rings is 2. The van der Waals surface area contributed by atoms with Gasteiger partial charge in [-0.25, -0.2) is 4.68 Å². The minimum Gasteiger partial charge on any atom is -0.406 e. The number of carbonyl (C=O) groups excluding carboxylic acids is 1. The second-order valence-electron chi connectivity index (χ2n) is 7.57. The molecular weight excluding hydrogens is 395 g/mol. The number of hydrogen-bond acceptors (Lipinski definition) is 3. The third-order valence-corrected chi connectivity index (χ3v) is 5.01. The minimum atomic E-state index is -4.75. The fourth-order valence-electron chi connectivity index (χ4n) is 3.72. The molecule has 0 spiro atoms. The zero-order valence-electron chi connectivity index (χ0n) is 16.6. The number of hydrogen-bond donors (Lipinski definition) is 1. The Balaban J connectivity index is 1.78. The molecule has 5 nitrogen and oxygen atoms in total. The number of aromatic nitrogens is 2. The van der Waals surface area contributed by atoms with E-state index in [4.69, 9.17) is 0 Å². The number of nitrogens with zero attached hydrogens (tertiary/aromatic N) is 2. The maximum absolute atomic E-state index is 12.6. The van der Waals surface area contributed by atoms with Crippen molar-refractivity contribution >= 4 is 5.91 Å². The first-order valence-electron chi connectivity index (χ1n) is 9.50. The number of carbonyl (C=O) groups is 1. The highest BCUT2D eigenvalue weighted by Crippen LogP contribution is 2.38. The number of rotatable bonds is 4. The highest BCUT2D eigenvalue weighted by Gasteiger charge is 2.38. The van der Waals surface area contributed by atoms with Gasteiger partial charge in [0.05, 0.1) is 17.4 Å². The summed E-state index contributed by atoms with van der Waals surface area (Å²) >= 11 is 0. The van der Waals surface area contributed by atoms with E-state index in [1.54, 1.807) is 4.68 Å². The first-order valence-corrected chi connectivity index (χ1v) is 9.50. The summed E-state index contributed by atoms with van der Waals surface area (Å²) < 4.78 is 42.9. The van der Waals surface area contributed by atoms with Crippen molar-refractivity contribution in [2.75, 3.05) is 0 Å². The topological polar surface area (TPSA) is 56.2 Å². The van der Waals surface area contributed by atoms with Gasteiger partial charge in [0.25, 0.3) is 5.91 Å². The van der Waals surface area contributed by atoms with Gasteiger partial charge in [-0.3, -0.25) is 4.79 Å².